The predicted octanol–water partition coefficient (Wildman–Crippen LogP) is 0.944. The molecule has 0 radical (unpaired) electrons. The Hall–Kier alpha value is -2.34. The van der Waals surface area contributed by atoms with Crippen molar-refractivity contribution < 1.29 is 4.79 Å². The van der Waals surface area contributed by atoms with Gasteiger partial charge in [-0.3, -0.25) is 15.3 Å². The van der Waals surface area contributed by atoms with Crippen LogP contribution in [0, 0.1) is 6.92 Å². The first-order chi connectivity index (χ1) is 9.11. The smallest absolute Gasteiger partial charge is 0.253 e. The Labute approximate surface area is 111 Å². The molecule has 6 heteroatoms. The third kappa shape index (κ3) is 2.92. The largest absolute Gasteiger partial charge is 0.348 e. The average Bonchev–Trinajstić information content (AvgIpc) is 2.74. The molecule has 0 aliphatic heterocycles. The number of aryl methyl sites for hydroxylation is 2. The van der Waals surface area contributed by atoms with Crippen molar-refractivity contribution in [3.05, 3.63) is 47.3 Å². The molecule has 0 aliphatic carbocycles. The average molecular weight is 259 g/mol. The summed E-state index contributed by atoms with van der Waals surface area (Å²) in [6.45, 7) is 2.36. The summed E-state index contributed by atoms with van der Waals surface area (Å²) in [5.74, 6) is 5.21. The van der Waals surface area contributed by atoms with E-state index >= 15 is 0 Å². The van der Waals surface area contributed by atoms with E-state index in [2.05, 4.69) is 15.8 Å². The predicted molar refractivity (Wildman–Crippen MR) is 73.4 cm³/mol. The number of carbonyl (C=O) groups excluding carboxylic acids is 1. The fourth-order valence-corrected chi connectivity index (χ4v) is 1.90. The summed E-state index contributed by atoms with van der Waals surface area (Å²) >= 11 is 0. The summed E-state index contributed by atoms with van der Waals surface area (Å²) in [5.41, 5.74) is 5.54. The number of nitrogens with zero attached hydrogens (tertiary/aromatic N) is 2. The number of hydrogen-bond donors (Lipinski definition) is 3. The molecule has 0 saturated carbocycles. The van der Waals surface area contributed by atoms with E-state index in [1.54, 1.807) is 22.9 Å². The highest BCUT2D eigenvalue weighted by atomic mass is 16.1. The maximum atomic E-state index is 12.1. The molecule has 100 valence electrons. The topological polar surface area (TPSA) is 85.0 Å². The molecule has 4 N–H and O–H groups in total. The van der Waals surface area contributed by atoms with Crippen LogP contribution in [0.2, 0.25) is 0 Å². The van der Waals surface area contributed by atoms with Gasteiger partial charge in [0.25, 0.3) is 5.91 Å². The minimum Gasteiger partial charge on any atom is -0.348 e. The molecule has 0 spiro atoms. The second kappa shape index (κ2) is 5.53. The number of hydrazine groups is 1. The normalized spacial score (nSPS) is 10.3. The lowest BCUT2D eigenvalue weighted by molar-refractivity contribution is 0.0951. The van der Waals surface area contributed by atoms with Crippen LogP contribution in [0.15, 0.2) is 30.5 Å². The van der Waals surface area contributed by atoms with Crippen LogP contribution in [0.25, 0.3) is 0 Å². The van der Waals surface area contributed by atoms with Gasteiger partial charge < -0.3 is 10.7 Å². The number of anilines is 1. The van der Waals surface area contributed by atoms with Gasteiger partial charge in [0, 0.05) is 25.4 Å². The number of rotatable bonds is 4. The van der Waals surface area contributed by atoms with Crippen LogP contribution in [-0.2, 0) is 13.6 Å². The lowest BCUT2D eigenvalue weighted by Gasteiger charge is -2.09. The van der Waals surface area contributed by atoms with Crippen molar-refractivity contribution in [1.29, 1.82) is 0 Å². The van der Waals surface area contributed by atoms with Crippen LogP contribution in [0.3, 0.4) is 0 Å². The van der Waals surface area contributed by atoms with Crippen LogP contribution < -0.4 is 16.6 Å². The molecule has 19 heavy (non-hydrogen) atoms. The second-order valence-corrected chi connectivity index (χ2v) is 4.29. The molecule has 1 amide bonds. The number of para-hydroxylation sites is 1. The van der Waals surface area contributed by atoms with Crippen LogP contribution in [0.4, 0.5) is 5.69 Å². The molecule has 6 nitrogen and oxygen atoms in total. The number of benzene rings is 1. The Bertz CT molecular complexity index is 590. The summed E-state index contributed by atoms with van der Waals surface area (Å²) in [4.78, 5) is 12.1. The van der Waals surface area contributed by atoms with Gasteiger partial charge in [0.2, 0.25) is 0 Å². The summed E-state index contributed by atoms with van der Waals surface area (Å²) in [7, 11) is 1.85. The zero-order valence-electron chi connectivity index (χ0n) is 11.0. The Kier molecular flexibility index (Phi) is 3.82. The Morgan fingerprint density at radius 3 is 2.79 bits per heavy atom. The molecule has 1 heterocycles. The molecule has 2 rings (SSSR count). The molecular weight excluding hydrogens is 242 g/mol. The van der Waals surface area contributed by atoms with E-state index in [-0.39, 0.29) is 5.91 Å². The Morgan fingerprint density at radius 1 is 1.42 bits per heavy atom. The number of nitrogens with two attached hydrogens (primary N) is 1. The monoisotopic (exact) mass is 259 g/mol. The van der Waals surface area contributed by atoms with Gasteiger partial charge in [-0.15, -0.1) is 0 Å². The van der Waals surface area contributed by atoms with Gasteiger partial charge in [0.1, 0.15) is 0 Å². The molecule has 1 aromatic carbocycles. The zero-order valence-corrected chi connectivity index (χ0v) is 11.0. The van der Waals surface area contributed by atoms with E-state index in [0.717, 1.165) is 11.3 Å². The van der Waals surface area contributed by atoms with Crippen LogP contribution in [0.1, 0.15) is 21.6 Å². The second-order valence-electron chi connectivity index (χ2n) is 4.29. The third-order valence-corrected chi connectivity index (χ3v) is 2.88. The number of carbonyl (C=O) groups is 1. The molecular formula is C13H17N5O. The van der Waals surface area contributed by atoms with Crippen LogP contribution >= 0.6 is 0 Å². The van der Waals surface area contributed by atoms with Gasteiger partial charge in [0.05, 0.1) is 16.9 Å². The molecule has 2 aromatic rings. The van der Waals surface area contributed by atoms with Gasteiger partial charge >= 0.3 is 0 Å². The van der Waals surface area contributed by atoms with Gasteiger partial charge in [-0.25, -0.2) is 0 Å². The summed E-state index contributed by atoms with van der Waals surface area (Å²) in [5, 5.41) is 7.08. The van der Waals surface area contributed by atoms with Crippen molar-refractivity contribution in [2.75, 3.05) is 5.43 Å². The molecule has 0 atom stereocenters. The van der Waals surface area contributed by atoms with Crippen molar-refractivity contribution in [3.63, 3.8) is 0 Å². The number of amides is 1. The zero-order chi connectivity index (χ0) is 13.8. The van der Waals surface area contributed by atoms with Gasteiger partial charge in [-0.05, 0) is 19.1 Å². The molecule has 0 fully saturated rings. The summed E-state index contributed by atoms with van der Waals surface area (Å²) in [6, 6.07) is 7.09. The molecule has 0 aliphatic rings. The summed E-state index contributed by atoms with van der Waals surface area (Å²) < 4.78 is 1.73. The lowest BCUT2D eigenvalue weighted by atomic mass is 10.1. The minimum atomic E-state index is -0.170. The van der Waals surface area contributed by atoms with E-state index in [9.17, 15) is 4.79 Å². The third-order valence-electron chi connectivity index (χ3n) is 2.88. The van der Waals surface area contributed by atoms with E-state index in [1.165, 1.54) is 0 Å². The minimum absolute atomic E-state index is 0.170. The van der Waals surface area contributed by atoms with E-state index in [0.29, 0.717) is 17.8 Å². The van der Waals surface area contributed by atoms with Crippen molar-refractivity contribution >= 4 is 11.6 Å². The van der Waals surface area contributed by atoms with Crippen molar-refractivity contribution in [2.24, 2.45) is 12.9 Å². The SMILES string of the molecule is Cc1nn(C)cc1CNC(=O)c1ccccc1NN. The highest BCUT2D eigenvalue weighted by molar-refractivity contribution is 5.99. The van der Waals surface area contributed by atoms with E-state index in [4.69, 9.17) is 5.84 Å². The molecule has 1 aromatic heterocycles. The fourth-order valence-electron chi connectivity index (χ4n) is 1.90. The van der Waals surface area contributed by atoms with Gasteiger partial charge in [-0.1, -0.05) is 12.1 Å². The van der Waals surface area contributed by atoms with Gasteiger partial charge in [-0.2, -0.15) is 5.10 Å². The maximum Gasteiger partial charge on any atom is 0.253 e. The number of hydrogen-bond acceptors (Lipinski definition) is 4. The highest BCUT2D eigenvalue weighted by Crippen LogP contribution is 2.13. The van der Waals surface area contributed by atoms with Gasteiger partial charge in [0.15, 0.2) is 0 Å². The fraction of sp³-hybridized carbons (Fsp3) is 0.231. The van der Waals surface area contributed by atoms with Crippen molar-refractivity contribution in [2.45, 2.75) is 13.5 Å². The number of nitrogens with one attached hydrogen (secondary N) is 2. The first-order valence-corrected chi connectivity index (χ1v) is 5.94. The molecule has 0 bridgehead atoms. The quantitative estimate of drug-likeness (QED) is 0.563. The summed E-state index contributed by atoms with van der Waals surface area (Å²) in [6.07, 6.45) is 1.89. The first-order valence-electron chi connectivity index (χ1n) is 5.94. The van der Waals surface area contributed by atoms with E-state index in [1.807, 2.05) is 26.2 Å². The van der Waals surface area contributed by atoms with Crippen LogP contribution in [-0.4, -0.2) is 15.7 Å². The Balaban J connectivity index is 2.07. The Morgan fingerprint density at radius 2 is 2.16 bits per heavy atom. The molecule has 0 unspecified atom stereocenters. The number of aromatic nitrogens is 2. The number of nitrogen functional groups attached to an aromatic ring is 1. The molecule has 0 saturated heterocycles. The van der Waals surface area contributed by atoms with Crippen molar-refractivity contribution in [1.82, 2.24) is 15.1 Å². The lowest BCUT2D eigenvalue weighted by Crippen LogP contribution is -2.24. The van der Waals surface area contributed by atoms with Crippen molar-refractivity contribution in [3.8, 4) is 0 Å². The van der Waals surface area contributed by atoms with Crippen LogP contribution in [0.5, 0.6) is 0 Å². The maximum absolute atomic E-state index is 12.1. The highest BCUT2D eigenvalue weighted by Gasteiger charge is 2.11. The standard InChI is InChI=1S/C13H17N5O/c1-9-10(8-18(2)17-9)7-15-13(19)11-5-3-4-6-12(11)16-14/h3-6,8,16H,7,14H2,1-2H3,(H,15,19). The van der Waals surface area contributed by atoms with E-state index < -0.39 is 0 Å². The first kappa shape index (κ1) is 13.1.